The highest BCUT2D eigenvalue weighted by molar-refractivity contribution is 6.30. The lowest BCUT2D eigenvalue weighted by Crippen LogP contribution is -2.19. The molecule has 0 aliphatic heterocycles. The van der Waals surface area contributed by atoms with Crippen molar-refractivity contribution in [1.29, 1.82) is 0 Å². The van der Waals surface area contributed by atoms with Gasteiger partial charge in [-0.15, -0.1) is 0 Å². The number of hydrogen-bond acceptors (Lipinski definition) is 1. The van der Waals surface area contributed by atoms with Crippen molar-refractivity contribution in [3.63, 3.8) is 0 Å². The van der Waals surface area contributed by atoms with Crippen LogP contribution in [0.3, 0.4) is 0 Å². The van der Waals surface area contributed by atoms with Crippen LogP contribution >= 0.6 is 11.6 Å². The first kappa shape index (κ1) is 9.85. The molecule has 2 heteroatoms. The van der Waals surface area contributed by atoms with Crippen LogP contribution in [-0.4, -0.2) is 6.61 Å². The summed E-state index contributed by atoms with van der Waals surface area (Å²) in [7, 11) is 0. The van der Waals surface area contributed by atoms with Gasteiger partial charge in [-0.2, -0.15) is 0 Å². The molecule has 1 aromatic carbocycles. The molecule has 0 amide bonds. The molecule has 1 saturated carbocycles. The summed E-state index contributed by atoms with van der Waals surface area (Å²) in [6.07, 6.45) is 4.00. The standard InChI is InChI=1S/C12H15ClO/c1-9-5-6-11(13)7-12(9)14-8-10-3-2-4-10/h5-7,10H,2-4,8H2,1H3. The Hall–Kier alpha value is -0.690. The van der Waals surface area contributed by atoms with Gasteiger partial charge < -0.3 is 4.74 Å². The zero-order valence-corrected chi connectivity index (χ0v) is 9.18. The van der Waals surface area contributed by atoms with E-state index in [4.69, 9.17) is 16.3 Å². The molecule has 0 spiro atoms. The molecule has 1 aromatic rings. The predicted octanol–water partition coefficient (Wildman–Crippen LogP) is 3.83. The summed E-state index contributed by atoms with van der Waals surface area (Å²) in [6, 6.07) is 5.79. The molecule has 0 heterocycles. The number of ether oxygens (including phenoxy) is 1. The normalized spacial score (nSPS) is 16.4. The first-order valence-corrected chi connectivity index (χ1v) is 5.52. The molecule has 0 atom stereocenters. The van der Waals surface area contributed by atoms with Crippen molar-refractivity contribution in [1.82, 2.24) is 0 Å². The van der Waals surface area contributed by atoms with E-state index in [1.165, 1.54) is 19.3 Å². The average Bonchev–Trinajstić information content (AvgIpc) is 2.08. The molecular formula is C12H15ClO. The summed E-state index contributed by atoms with van der Waals surface area (Å²) in [5.74, 6) is 1.71. The van der Waals surface area contributed by atoms with E-state index in [9.17, 15) is 0 Å². The number of hydrogen-bond donors (Lipinski definition) is 0. The molecule has 0 saturated heterocycles. The number of aryl methyl sites for hydroxylation is 1. The Bertz CT molecular complexity index is 318. The summed E-state index contributed by atoms with van der Waals surface area (Å²) < 4.78 is 5.74. The Kier molecular flexibility index (Phi) is 2.97. The molecule has 76 valence electrons. The smallest absolute Gasteiger partial charge is 0.123 e. The van der Waals surface area contributed by atoms with E-state index in [0.717, 1.165) is 28.9 Å². The van der Waals surface area contributed by atoms with Crippen molar-refractivity contribution in [2.75, 3.05) is 6.61 Å². The van der Waals surface area contributed by atoms with Gasteiger partial charge in [0.2, 0.25) is 0 Å². The van der Waals surface area contributed by atoms with Crippen molar-refractivity contribution >= 4 is 11.6 Å². The van der Waals surface area contributed by atoms with Gasteiger partial charge in [-0.05, 0) is 43.4 Å². The van der Waals surface area contributed by atoms with Crippen LogP contribution in [0, 0.1) is 12.8 Å². The van der Waals surface area contributed by atoms with Crippen LogP contribution in [0.15, 0.2) is 18.2 Å². The van der Waals surface area contributed by atoms with Crippen LogP contribution < -0.4 is 4.74 Å². The first-order chi connectivity index (χ1) is 6.75. The Labute approximate surface area is 90.0 Å². The minimum absolute atomic E-state index is 0.749. The van der Waals surface area contributed by atoms with Crippen molar-refractivity contribution in [3.05, 3.63) is 28.8 Å². The molecule has 0 bridgehead atoms. The minimum atomic E-state index is 0.749. The lowest BCUT2D eigenvalue weighted by atomic mass is 9.86. The maximum atomic E-state index is 5.90. The largest absolute Gasteiger partial charge is 0.493 e. The highest BCUT2D eigenvalue weighted by Crippen LogP contribution is 2.28. The van der Waals surface area contributed by atoms with Gasteiger partial charge in [0.05, 0.1) is 6.61 Å². The molecule has 1 fully saturated rings. The zero-order chi connectivity index (χ0) is 9.97. The van der Waals surface area contributed by atoms with Crippen LogP contribution in [0.4, 0.5) is 0 Å². The average molecular weight is 211 g/mol. The maximum absolute atomic E-state index is 5.90. The third-order valence-corrected chi connectivity index (χ3v) is 3.08. The zero-order valence-electron chi connectivity index (χ0n) is 8.42. The monoisotopic (exact) mass is 210 g/mol. The van der Waals surface area contributed by atoms with Crippen LogP contribution in [0.5, 0.6) is 5.75 Å². The number of halogens is 1. The fourth-order valence-corrected chi connectivity index (χ4v) is 1.76. The lowest BCUT2D eigenvalue weighted by Gasteiger charge is -2.25. The van der Waals surface area contributed by atoms with Crippen LogP contribution in [0.2, 0.25) is 5.02 Å². The predicted molar refractivity (Wildman–Crippen MR) is 59.0 cm³/mol. The SMILES string of the molecule is Cc1ccc(Cl)cc1OCC1CCC1. The van der Waals surface area contributed by atoms with E-state index in [1.807, 2.05) is 25.1 Å². The summed E-state index contributed by atoms with van der Waals surface area (Å²) in [6.45, 7) is 2.90. The third kappa shape index (κ3) is 2.21. The Morgan fingerprint density at radius 3 is 2.86 bits per heavy atom. The highest BCUT2D eigenvalue weighted by atomic mass is 35.5. The lowest BCUT2D eigenvalue weighted by molar-refractivity contribution is 0.180. The van der Waals surface area contributed by atoms with Crippen molar-refractivity contribution < 1.29 is 4.74 Å². The van der Waals surface area contributed by atoms with Gasteiger partial charge in [0.1, 0.15) is 5.75 Å². The molecule has 0 aromatic heterocycles. The van der Waals surface area contributed by atoms with Gasteiger partial charge >= 0.3 is 0 Å². The van der Waals surface area contributed by atoms with Gasteiger partial charge in [-0.1, -0.05) is 24.1 Å². The molecule has 1 aliphatic rings. The molecule has 14 heavy (non-hydrogen) atoms. The second kappa shape index (κ2) is 4.22. The van der Waals surface area contributed by atoms with Crippen molar-refractivity contribution in [3.8, 4) is 5.75 Å². The van der Waals surface area contributed by atoms with Crippen LogP contribution in [0.1, 0.15) is 24.8 Å². The van der Waals surface area contributed by atoms with Gasteiger partial charge in [-0.3, -0.25) is 0 Å². The van der Waals surface area contributed by atoms with E-state index in [-0.39, 0.29) is 0 Å². The molecule has 2 rings (SSSR count). The minimum Gasteiger partial charge on any atom is -0.493 e. The second-order valence-corrected chi connectivity index (χ2v) is 4.45. The second-order valence-electron chi connectivity index (χ2n) is 4.02. The first-order valence-electron chi connectivity index (χ1n) is 5.14. The van der Waals surface area contributed by atoms with E-state index in [0.29, 0.717) is 0 Å². The maximum Gasteiger partial charge on any atom is 0.123 e. The Balaban J connectivity index is 1.96. The van der Waals surface area contributed by atoms with E-state index < -0.39 is 0 Å². The summed E-state index contributed by atoms with van der Waals surface area (Å²) in [5.41, 5.74) is 1.16. The molecule has 1 aliphatic carbocycles. The fraction of sp³-hybridized carbons (Fsp3) is 0.500. The quantitative estimate of drug-likeness (QED) is 0.737. The van der Waals surface area contributed by atoms with Gasteiger partial charge in [-0.25, -0.2) is 0 Å². The molecule has 0 N–H and O–H groups in total. The summed E-state index contributed by atoms with van der Waals surface area (Å²) in [5, 5.41) is 0.749. The highest BCUT2D eigenvalue weighted by Gasteiger charge is 2.18. The molecule has 1 nitrogen and oxygen atoms in total. The van der Waals surface area contributed by atoms with Crippen molar-refractivity contribution in [2.45, 2.75) is 26.2 Å². The third-order valence-electron chi connectivity index (χ3n) is 2.85. The topological polar surface area (TPSA) is 9.23 Å². The molecule has 0 radical (unpaired) electrons. The van der Waals surface area contributed by atoms with E-state index in [1.54, 1.807) is 0 Å². The fourth-order valence-electron chi connectivity index (χ4n) is 1.60. The number of benzene rings is 1. The van der Waals surface area contributed by atoms with E-state index in [2.05, 4.69) is 0 Å². The van der Waals surface area contributed by atoms with Crippen LogP contribution in [0.25, 0.3) is 0 Å². The van der Waals surface area contributed by atoms with E-state index >= 15 is 0 Å². The van der Waals surface area contributed by atoms with Gasteiger partial charge in [0.25, 0.3) is 0 Å². The Morgan fingerprint density at radius 2 is 2.21 bits per heavy atom. The summed E-state index contributed by atoms with van der Waals surface area (Å²) in [4.78, 5) is 0. The van der Waals surface area contributed by atoms with Gasteiger partial charge in [0.15, 0.2) is 0 Å². The number of rotatable bonds is 3. The van der Waals surface area contributed by atoms with Gasteiger partial charge in [0, 0.05) is 5.02 Å². The van der Waals surface area contributed by atoms with Crippen molar-refractivity contribution in [2.24, 2.45) is 5.92 Å². The van der Waals surface area contributed by atoms with Crippen LogP contribution in [-0.2, 0) is 0 Å². The summed E-state index contributed by atoms with van der Waals surface area (Å²) >= 11 is 5.90. The Morgan fingerprint density at radius 1 is 1.43 bits per heavy atom. The molecular weight excluding hydrogens is 196 g/mol. The molecule has 0 unspecified atom stereocenters.